The highest BCUT2D eigenvalue weighted by Gasteiger charge is 2.41. The van der Waals surface area contributed by atoms with Gasteiger partial charge in [-0.25, -0.2) is 5.01 Å². The fourth-order valence-electron chi connectivity index (χ4n) is 5.34. The summed E-state index contributed by atoms with van der Waals surface area (Å²) in [7, 11) is 0. The Bertz CT molecular complexity index is 1190. The Morgan fingerprint density at radius 1 is 0.951 bits per heavy atom. The first kappa shape index (κ1) is 31.6. The molecule has 0 aromatic heterocycles. The van der Waals surface area contributed by atoms with Gasteiger partial charge in [-0.2, -0.15) is 13.2 Å². The zero-order chi connectivity index (χ0) is 29.7. The highest BCUT2D eigenvalue weighted by atomic mass is 35.5. The number of hydrazine groups is 1. The van der Waals surface area contributed by atoms with E-state index in [2.05, 4.69) is 5.43 Å². The summed E-state index contributed by atoms with van der Waals surface area (Å²) >= 11 is 13.1. The lowest BCUT2D eigenvalue weighted by Crippen LogP contribution is -2.45. The highest BCUT2D eigenvalue weighted by Crippen LogP contribution is 2.36. The summed E-state index contributed by atoms with van der Waals surface area (Å²) in [6.07, 6.45) is -2.84. The third-order valence-corrected chi connectivity index (χ3v) is 8.62. The molecule has 2 fully saturated rings. The standard InChI is InChI=1S/C29H34Cl2F3N3O4/c30-25-16-21(18-1-3-19(4-2-18)27(39)36-11-6-22(7-12-36)29(32,33)34)17-26(31)24(25)15-20(28(40)41)5-10-35-37-13-8-23(38)9-14-37/h1-4,16-17,20,22-23,35,38H,5-15H2,(H,40,41)/t20-/m0/s1. The van der Waals surface area contributed by atoms with Crippen molar-refractivity contribution in [3.05, 3.63) is 57.6 Å². The maximum atomic E-state index is 12.9. The first-order chi connectivity index (χ1) is 19.4. The SMILES string of the molecule is O=C(O)[C@@H](CCNN1CCC(O)CC1)Cc1c(Cl)cc(-c2ccc(C(=O)N3CCC(C(F)(F)F)CC3)cc2)cc1Cl. The molecule has 224 valence electrons. The molecule has 2 aliphatic heterocycles. The van der Waals surface area contributed by atoms with Gasteiger partial charge in [-0.3, -0.25) is 15.0 Å². The quantitative estimate of drug-likeness (QED) is 0.337. The van der Waals surface area contributed by atoms with Crippen LogP contribution in [0.4, 0.5) is 13.2 Å². The van der Waals surface area contributed by atoms with Crippen LogP contribution in [0.2, 0.25) is 10.0 Å². The lowest BCUT2D eigenvalue weighted by atomic mass is 9.94. The summed E-state index contributed by atoms with van der Waals surface area (Å²) in [5.74, 6) is -3.33. The molecule has 2 heterocycles. The third-order valence-electron chi connectivity index (χ3n) is 7.94. The topological polar surface area (TPSA) is 93.1 Å². The number of carboxylic acids is 1. The number of likely N-dealkylation sites (tertiary alicyclic amines) is 1. The van der Waals surface area contributed by atoms with Crippen molar-refractivity contribution in [3.63, 3.8) is 0 Å². The molecule has 7 nitrogen and oxygen atoms in total. The number of aliphatic carboxylic acids is 1. The van der Waals surface area contributed by atoms with Crippen LogP contribution in [0.5, 0.6) is 0 Å². The predicted molar refractivity (Wildman–Crippen MR) is 151 cm³/mol. The predicted octanol–water partition coefficient (Wildman–Crippen LogP) is 5.67. The zero-order valence-electron chi connectivity index (χ0n) is 22.5. The fraction of sp³-hybridized carbons (Fsp3) is 0.517. The van der Waals surface area contributed by atoms with Crippen LogP contribution in [0.3, 0.4) is 0 Å². The Morgan fingerprint density at radius 2 is 1.54 bits per heavy atom. The number of benzene rings is 2. The molecule has 2 aliphatic rings. The minimum Gasteiger partial charge on any atom is -0.481 e. The number of piperidine rings is 2. The second-order valence-corrected chi connectivity index (χ2v) is 11.6. The molecular weight excluding hydrogens is 582 g/mol. The van der Waals surface area contributed by atoms with Gasteiger partial charge in [0.2, 0.25) is 0 Å². The van der Waals surface area contributed by atoms with E-state index in [0.29, 0.717) is 65.6 Å². The number of hydrogen-bond acceptors (Lipinski definition) is 5. The fourth-order valence-corrected chi connectivity index (χ4v) is 5.98. The van der Waals surface area contributed by atoms with Gasteiger partial charge in [-0.1, -0.05) is 35.3 Å². The highest BCUT2D eigenvalue weighted by molar-refractivity contribution is 6.36. The van der Waals surface area contributed by atoms with Crippen molar-refractivity contribution in [3.8, 4) is 11.1 Å². The average molecular weight is 617 g/mol. The van der Waals surface area contributed by atoms with Gasteiger partial charge in [0.15, 0.2) is 0 Å². The molecule has 41 heavy (non-hydrogen) atoms. The van der Waals surface area contributed by atoms with Crippen LogP contribution in [0.25, 0.3) is 11.1 Å². The Labute approximate surface area is 247 Å². The molecule has 2 aromatic carbocycles. The number of halogens is 5. The summed E-state index contributed by atoms with van der Waals surface area (Å²) in [5, 5.41) is 22.1. The third kappa shape index (κ3) is 8.35. The van der Waals surface area contributed by atoms with E-state index in [1.807, 2.05) is 5.01 Å². The largest absolute Gasteiger partial charge is 0.481 e. The molecule has 0 unspecified atom stereocenters. The number of amides is 1. The van der Waals surface area contributed by atoms with Gasteiger partial charge in [0, 0.05) is 48.3 Å². The number of nitrogens with zero attached hydrogens (tertiary/aromatic N) is 2. The van der Waals surface area contributed by atoms with Crippen LogP contribution in [0.15, 0.2) is 36.4 Å². The maximum absolute atomic E-state index is 12.9. The normalized spacial score (nSPS) is 18.4. The lowest BCUT2D eigenvalue weighted by Gasteiger charge is -2.33. The van der Waals surface area contributed by atoms with Crippen molar-refractivity contribution in [1.82, 2.24) is 15.3 Å². The number of carbonyl (C=O) groups excluding carboxylic acids is 1. The van der Waals surface area contributed by atoms with Crippen molar-refractivity contribution in [1.29, 1.82) is 0 Å². The van der Waals surface area contributed by atoms with E-state index in [9.17, 15) is 33.0 Å². The molecular formula is C29H34Cl2F3N3O4. The molecule has 0 spiro atoms. The Balaban J connectivity index is 1.36. The van der Waals surface area contributed by atoms with Gasteiger partial charge in [-0.05, 0) is 79.5 Å². The first-order valence-electron chi connectivity index (χ1n) is 13.8. The molecule has 0 aliphatic carbocycles. The lowest BCUT2D eigenvalue weighted by molar-refractivity contribution is -0.183. The number of hydrogen-bond donors (Lipinski definition) is 3. The van der Waals surface area contributed by atoms with Crippen molar-refractivity contribution in [2.24, 2.45) is 11.8 Å². The van der Waals surface area contributed by atoms with Gasteiger partial charge in [0.05, 0.1) is 17.9 Å². The van der Waals surface area contributed by atoms with Crippen LogP contribution in [0.1, 0.15) is 48.0 Å². The molecule has 4 rings (SSSR count). The molecule has 3 N–H and O–H groups in total. The summed E-state index contributed by atoms with van der Waals surface area (Å²) in [5.41, 5.74) is 5.58. The van der Waals surface area contributed by atoms with Crippen LogP contribution in [-0.2, 0) is 11.2 Å². The monoisotopic (exact) mass is 615 g/mol. The van der Waals surface area contributed by atoms with Crippen molar-refractivity contribution >= 4 is 35.1 Å². The van der Waals surface area contributed by atoms with E-state index in [0.717, 1.165) is 5.56 Å². The Hall–Kier alpha value is -2.37. The number of aliphatic hydroxyl groups excluding tert-OH is 1. The molecule has 1 atom stereocenters. The van der Waals surface area contributed by atoms with E-state index in [1.165, 1.54) is 4.90 Å². The summed E-state index contributed by atoms with van der Waals surface area (Å²) in [6, 6.07) is 10.1. The average Bonchev–Trinajstić information content (AvgIpc) is 2.94. The summed E-state index contributed by atoms with van der Waals surface area (Å²) < 4.78 is 38.8. The van der Waals surface area contributed by atoms with E-state index in [-0.39, 0.29) is 44.4 Å². The second-order valence-electron chi connectivity index (χ2n) is 10.8. The molecule has 0 radical (unpaired) electrons. The molecule has 1 amide bonds. The number of nitrogens with one attached hydrogen (secondary N) is 1. The molecule has 2 saturated heterocycles. The summed E-state index contributed by atoms with van der Waals surface area (Å²) in [6.45, 7) is 1.99. The Morgan fingerprint density at radius 3 is 2.07 bits per heavy atom. The van der Waals surface area contributed by atoms with Gasteiger partial charge in [-0.15, -0.1) is 0 Å². The first-order valence-corrected chi connectivity index (χ1v) is 14.5. The molecule has 0 saturated carbocycles. The number of aliphatic hydroxyl groups is 1. The minimum absolute atomic E-state index is 0.0627. The summed E-state index contributed by atoms with van der Waals surface area (Å²) in [4.78, 5) is 26.2. The van der Waals surface area contributed by atoms with Crippen molar-refractivity contribution in [2.75, 3.05) is 32.7 Å². The zero-order valence-corrected chi connectivity index (χ0v) is 24.0. The van der Waals surface area contributed by atoms with Crippen molar-refractivity contribution in [2.45, 2.75) is 50.8 Å². The van der Waals surface area contributed by atoms with Gasteiger partial charge >= 0.3 is 12.1 Å². The van der Waals surface area contributed by atoms with E-state index in [4.69, 9.17) is 23.2 Å². The van der Waals surface area contributed by atoms with Crippen LogP contribution >= 0.6 is 23.2 Å². The molecule has 12 heteroatoms. The maximum Gasteiger partial charge on any atom is 0.391 e. The molecule has 0 bridgehead atoms. The Kier molecular flexibility index (Phi) is 10.6. The van der Waals surface area contributed by atoms with E-state index in [1.54, 1.807) is 36.4 Å². The van der Waals surface area contributed by atoms with Crippen LogP contribution in [-0.4, -0.2) is 77.0 Å². The molecule has 2 aromatic rings. The number of carboxylic acid groups (broad SMARTS) is 1. The van der Waals surface area contributed by atoms with Gasteiger partial charge in [0.1, 0.15) is 0 Å². The van der Waals surface area contributed by atoms with Crippen LogP contribution in [0, 0.1) is 11.8 Å². The van der Waals surface area contributed by atoms with E-state index >= 15 is 0 Å². The number of rotatable bonds is 9. The van der Waals surface area contributed by atoms with Gasteiger partial charge < -0.3 is 15.1 Å². The minimum atomic E-state index is -4.24. The number of alkyl halides is 3. The number of carbonyl (C=O) groups is 2. The smallest absolute Gasteiger partial charge is 0.391 e. The van der Waals surface area contributed by atoms with Crippen LogP contribution < -0.4 is 5.43 Å². The van der Waals surface area contributed by atoms with Crippen molar-refractivity contribution < 1.29 is 33.0 Å². The second kappa shape index (κ2) is 13.7. The van der Waals surface area contributed by atoms with E-state index < -0.39 is 24.0 Å². The van der Waals surface area contributed by atoms with Gasteiger partial charge in [0.25, 0.3) is 5.91 Å².